The maximum absolute atomic E-state index is 11.9. The molecule has 1 aromatic heterocycles. The van der Waals surface area contributed by atoms with Crippen LogP contribution in [0.4, 0.5) is 11.5 Å². The second-order valence-electron chi connectivity index (χ2n) is 3.74. The smallest absolute Gasteiger partial charge is 0.189 e. The van der Waals surface area contributed by atoms with Gasteiger partial charge in [-0.05, 0) is 24.3 Å². The van der Waals surface area contributed by atoms with E-state index in [1.165, 1.54) is 0 Å². The summed E-state index contributed by atoms with van der Waals surface area (Å²) >= 11 is -1.06. The average Bonchev–Trinajstić information content (AvgIpc) is 2.67. The van der Waals surface area contributed by atoms with E-state index in [0.717, 1.165) is 16.4 Å². The Morgan fingerprint density at radius 2 is 2.18 bits per heavy atom. The Balaban J connectivity index is 2.09. The van der Waals surface area contributed by atoms with Gasteiger partial charge in [0, 0.05) is 23.4 Å². The van der Waals surface area contributed by atoms with E-state index in [0.29, 0.717) is 5.88 Å². The first kappa shape index (κ1) is 10.4. The van der Waals surface area contributed by atoms with Crippen LogP contribution in [-0.4, -0.2) is 20.5 Å². The minimum atomic E-state index is -1.06. The molecule has 0 spiro atoms. The molecule has 1 unspecified atom stereocenters. The van der Waals surface area contributed by atoms with Gasteiger partial charge in [-0.1, -0.05) is 6.07 Å². The summed E-state index contributed by atoms with van der Waals surface area (Å²) in [7, 11) is 0. The van der Waals surface area contributed by atoms with E-state index in [4.69, 9.17) is 0 Å². The summed E-state index contributed by atoms with van der Waals surface area (Å²) < 4.78 is 11.9. The van der Waals surface area contributed by atoms with Crippen molar-refractivity contribution < 1.29 is 9.66 Å². The first-order valence-electron chi connectivity index (χ1n) is 5.16. The zero-order chi connectivity index (χ0) is 11.8. The van der Waals surface area contributed by atoms with Crippen LogP contribution in [0.1, 0.15) is 0 Å². The van der Waals surface area contributed by atoms with E-state index < -0.39 is 11.2 Å². The zero-order valence-corrected chi connectivity index (χ0v) is 9.72. The van der Waals surface area contributed by atoms with Crippen LogP contribution in [0.5, 0.6) is 5.75 Å². The lowest BCUT2D eigenvalue weighted by Gasteiger charge is -2.14. The van der Waals surface area contributed by atoms with Crippen LogP contribution in [0, 0.1) is 0 Å². The Bertz CT molecular complexity index is 547. The molecule has 1 N–H and O–H groups in total. The fraction of sp³-hybridized carbons (Fsp3) is 0.0833. The largest absolute Gasteiger partial charge is 0.610 e. The van der Waals surface area contributed by atoms with Crippen molar-refractivity contribution in [3.63, 3.8) is 0 Å². The second-order valence-corrected chi connectivity index (χ2v) is 5.13. The highest BCUT2D eigenvalue weighted by Crippen LogP contribution is 2.39. The van der Waals surface area contributed by atoms with Gasteiger partial charge in [0.25, 0.3) is 0 Å². The van der Waals surface area contributed by atoms with Crippen molar-refractivity contribution >= 4 is 22.7 Å². The van der Waals surface area contributed by atoms with Crippen LogP contribution in [0.15, 0.2) is 47.5 Å². The SMILES string of the molecule is [O-][S+]1CN(c2ccccn2)c2cc(O)ccc21. The maximum Gasteiger partial charge on any atom is 0.189 e. The van der Waals surface area contributed by atoms with Crippen molar-refractivity contribution in [3.8, 4) is 5.75 Å². The van der Waals surface area contributed by atoms with Crippen LogP contribution in [0.25, 0.3) is 0 Å². The lowest BCUT2D eigenvalue weighted by molar-refractivity contribution is 0.475. The Morgan fingerprint density at radius 1 is 1.29 bits per heavy atom. The third-order valence-electron chi connectivity index (χ3n) is 2.65. The summed E-state index contributed by atoms with van der Waals surface area (Å²) in [6.07, 6.45) is 1.69. The Hall–Kier alpha value is -1.72. The number of benzene rings is 1. The Kier molecular flexibility index (Phi) is 2.42. The summed E-state index contributed by atoms with van der Waals surface area (Å²) in [6.45, 7) is 0. The van der Waals surface area contributed by atoms with Crippen molar-refractivity contribution in [1.29, 1.82) is 0 Å². The molecule has 4 nitrogen and oxygen atoms in total. The van der Waals surface area contributed by atoms with Crippen molar-refractivity contribution in [2.24, 2.45) is 0 Å². The van der Waals surface area contributed by atoms with Gasteiger partial charge in [-0.15, -0.1) is 0 Å². The number of pyridine rings is 1. The van der Waals surface area contributed by atoms with E-state index in [9.17, 15) is 9.66 Å². The Morgan fingerprint density at radius 3 is 2.94 bits per heavy atom. The molecule has 0 radical (unpaired) electrons. The predicted octanol–water partition coefficient (Wildman–Crippen LogP) is 2.00. The molecule has 17 heavy (non-hydrogen) atoms. The van der Waals surface area contributed by atoms with Gasteiger partial charge in [-0.25, -0.2) is 4.98 Å². The molecular weight excluding hydrogens is 236 g/mol. The van der Waals surface area contributed by atoms with Gasteiger partial charge < -0.3 is 9.66 Å². The van der Waals surface area contributed by atoms with Crippen LogP contribution < -0.4 is 4.90 Å². The van der Waals surface area contributed by atoms with Gasteiger partial charge in [0.15, 0.2) is 10.8 Å². The summed E-state index contributed by atoms with van der Waals surface area (Å²) in [6, 6.07) is 10.4. The summed E-state index contributed by atoms with van der Waals surface area (Å²) in [5, 5.41) is 9.50. The first-order valence-corrected chi connectivity index (χ1v) is 6.47. The molecule has 1 atom stereocenters. The van der Waals surface area contributed by atoms with E-state index in [-0.39, 0.29) is 5.75 Å². The number of anilines is 2. The number of aromatic nitrogens is 1. The molecule has 86 valence electrons. The first-order chi connectivity index (χ1) is 8.25. The van der Waals surface area contributed by atoms with Crippen LogP contribution in [0.2, 0.25) is 0 Å². The average molecular weight is 246 g/mol. The van der Waals surface area contributed by atoms with Crippen molar-refractivity contribution in [1.82, 2.24) is 4.98 Å². The number of hydrogen-bond donors (Lipinski definition) is 1. The van der Waals surface area contributed by atoms with Gasteiger partial charge >= 0.3 is 0 Å². The summed E-state index contributed by atoms with van der Waals surface area (Å²) in [4.78, 5) is 6.83. The number of phenols is 1. The molecule has 0 amide bonds. The molecule has 0 bridgehead atoms. The summed E-state index contributed by atoms with van der Waals surface area (Å²) in [5.41, 5.74) is 0.766. The maximum atomic E-state index is 11.9. The van der Waals surface area contributed by atoms with E-state index in [1.54, 1.807) is 24.4 Å². The standard InChI is InChI=1S/C12H10N2O2S/c15-9-4-5-11-10(7-9)14(8-17(11)16)12-3-1-2-6-13-12/h1-7,15H,8H2. The molecule has 2 aromatic rings. The summed E-state index contributed by atoms with van der Waals surface area (Å²) in [5.74, 6) is 1.30. The zero-order valence-electron chi connectivity index (χ0n) is 8.91. The van der Waals surface area contributed by atoms with Gasteiger partial charge in [0.1, 0.15) is 17.3 Å². The second kappa shape index (κ2) is 3.94. The molecule has 1 aliphatic rings. The highest BCUT2D eigenvalue weighted by molar-refractivity contribution is 7.92. The van der Waals surface area contributed by atoms with Gasteiger partial charge in [0.05, 0.1) is 0 Å². The quantitative estimate of drug-likeness (QED) is 0.782. The Labute approximate surface area is 102 Å². The van der Waals surface area contributed by atoms with Crippen LogP contribution >= 0.6 is 0 Å². The van der Waals surface area contributed by atoms with Crippen LogP contribution in [0.3, 0.4) is 0 Å². The normalized spacial score (nSPS) is 18.2. The topological polar surface area (TPSA) is 59.4 Å². The molecule has 5 heteroatoms. The lowest BCUT2D eigenvalue weighted by atomic mass is 10.2. The minimum absolute atomic E-state index is 0.170. The van der Waals surface area contributed by atoms with Crippen molar-refractivity contribution in [3.05, 3.63) is 42.6 Å². The highest BCUT2D eigenvalue weighted by atomic mass is 32.2. The molecule has 0 aliphatic carbocycles. The molecule has 0 saturated heterocycles. The monoisotopic (exact) mass is 246 g/mol. The molecular formula is C12H10N2O2S. The fourth-order valence-corrected chi connectivity index (χ4v) is 3.14. The molecule has 2 heterocycles. The number of hydrogen-bond acceptors (Lipinski definition) is 4. The molecule has 0 saturated carbocycles. The number of rotatable bonds is 1. The van der Waals surface area contributed by atoms with E-state index in [2.05, 4.69) is 4.98 Å². The van der Waals surface area contributed by atoms with Gasteiger partial charge in [-0.3, -0.25) is 4.90 Å². The third-order valence-corrected chi connectivity index (χ3v) is 3.98. The predicted molar refractivity (Wildman–Crippen MR) is 65.8 cm³/mol. The lowest BCUT2D eigenvalue weighted by Crippen LogP contribution is -2.17. The highest BCUT2D eigenvalue weighted by Gasteiger charge is 2.33. The number of phenolic OH excluding ortho intramolecular Hbond substituents is 1. The molecule has 0 fully saturated rings. The van der Waals surface area contributed by atoms with Gasteiger partial charge in [-0.2, -0.15) is 0 Å². The van der Waals surface area contributed by atoms with Crippen molar-refractivity contribution in [2.45, 2.75) is 4.90 Å². The van der Waals surface area contributed by atoms with Crippen LogP contribution in [-0.2, 0) is 11.2 Å². The van der Waals surface area contributed by atoms with Gasteiger partial charge in [0.2, 0.25) is 0 Å². The van der Waals surface area contributed by atoms with Crippen molar-refractivity contribution in [2.75, 3.05) is 10.8 Å². The number of aromatic hydroxyl groups is 1. The van der Waals surface area contributed by atoms with E-state index in [1.807, 2.05) is 23.1 Å². The number of fused-ring (bicyclic) bond motifs is 1. The molecule has 1 aliphatic heterocycles. The fourth-order valence-electron chi connectivity index (χ4n) is 1.87. The molecule has 1 aromatic carbocycles. The minimum Gasteiger partial charge on any atom is -0.610 e. The third kappa shape index (κ3) is 1.73. The number of nitrogens with zero attached hydrogens (tertiary/aromatic N) is 2. The molecule has 3 rings (SSSR count). The van der Waals surface area contributed by atoms with E-state index >= 15 is 0 Å².